The fourth-order valence-electron chi connectivity index (χ4n) is 4.59. The van der Waals surface area contributed by atoms with Crippen molar-refractivity contribution in [2.24, 2.45) is 5.92 Å². The monoisotopic (exact) mass is 368 g/mol. The van der Waals surface area contributed by atoms with Crippen LogP contribution in [0.3, 0.4) is 0 Å². The van der Waals surface area contributed by atoms with Gasteiger partial charge in [0.05, 0.1) is 0 Å². The number of piperidine rings is 1. The molecule has 1 atom stereocenters. The summed E-state index contributed by atoms with van der Waals surface area (Å²) in [6.07, 6.45) is 10.9. The van der Waals surface area contributed by atoms with Crippen molar-refractivity contribution in [2.45, 2.75) is 77.6 Å². The molecule has 1 aliphatic heterocycles. The lowest BCUT2D eigenvalue weighted by Crippen LogP contribution is -2.35. The van der Waals surface area contributed by atoms with E-state index in [0.717, 1.165) is 50.3 Å². The molecule has 0 N–H and O–H groups in total. The summed E-state index contributed by atoms with van der Waals surface area (Å²) < 4.78 is 1.92. The number of carbonyl (C=O) groups is 1. The Morgan fingerprint density at radius 3 is 2.59 bits per heavy atom. The van der Waals surface area contributed by atoms with Gasteiger partial charge in [-0.2, -0.15) is 5.10 Å². The summed E-state index contributed by atoms with van der Waals surface area (Å²) in [6, 6.07) is 4.14. The maximum absolute atomic E-state index is 12.9. The van der Waals surface area contributed by atoms with E-state index in [1.807, 2.05) is 15.5 Å². The van der Waals surface area contributed by atoms with Gasteiger partial charge in [-0.3, -0.25) is 4.79 Å². The van der Waals surface area contributed by atoms with Crippen LogP contribution in [0.2, 0.25) is 0 Å². The molecule has 5 heteroatoms. The van der Waals surface area contributed by atoms with Gasteiger partial charge in [-0.15, -0.1) is 0 Å². The van der Waals surface area contributed by atoms with Crippen molar-refractivity contribution in [1.82, 2.24) is 19.5 Å². The first-order valence-corrected chi connectivity index (χ1v) is 10.8. The first-order chi connectivity index (χ1) is 13.2. The Morgan fingerprint density at radius 1 is 1.15 bits per heavy atom. The summed E-state index contributed by atoms with van der Waals surface area (Å²) in [5.74, 6) is 1.23. The van der Waals surface area contributed by atoms with E-state index >= 15 is 0 Å². The number of carbonyl (C=O) groups excluding carboxylic acids is 1. The molecule has 1 saturated heterocycles. The number of fused-ring (bicyclic) bond motifs is 1. The molecule has 5 nitrogen and oxygen atoms in total. The van der Waals surface area contributed by atoms with Gasteiger partial charge in [-0.05, 0) is 50.0 Å². The van der Waals surface area contributed by atoms with E-state index in [1.54, 1.807) is 0 Å². The highest BCUT2D eigenvalue weighted by atomic mass is 16.2. The van der Waals surface area contributed by atoms with Gasteiger partial charge in [0.1, 0.15) is 0 Å². The molecule has 1 amide bonds. The van der Waals surface area contributed by atoms with E-state index < -0.39 is 0 Å². The molecule has 27 heavy (non-hydrogen) atoms. The van der Waals surface area contributed by atoms with Crippen molar-refractivity contribution in [3.05, 3.63) is 29.2 Å². The second-order valence-corrected chi connectivity index (χ2v) is 8.49. The number of hydrogen-bond donors (Lipinski definition) is 0. The minimum atomic E-state index is 0.0626. The van der Waals surface area contributed by atoms with Gasteiger partial charge in [-0.1, -0.05) is 39.5 Å². The lowest BCUT2D eigenvalue weighted by Gasteiger charge is -2.25. The average Bonchev–Trinajstić information content (AvgIpc) is 3.36. The van der Waals surface area contributed by atoms with Crippen molar-refractivity contribution < 1.29 is 4.79 Å². The molecule has 2 aliphatic rings. The summed E-state index contributed by atoms with van der Waals surface area (Å²) in [4.78, 5) is 19.8. The molecule has 0 bridgehead atoms. The Balaban J connectivity index is 1.67. The van der Waals surface area contributed by atoms with Crippen LogP contribution in [0.25, 0.3) is 5.65 Å². The Kier molecular flexibility index (Phi) is 5.46. The first kappa shape index (κ1) is 18.5. The van der Waals surface area contributed by atoms with Gasteiger partial charge in [0.2, 0.25) is 0 Å². The Labute approximate surface area is 162 Å². The third-order valence-electron chi connectivity index (χ3n) is 6.46. The van der Waals surface area contributed by atoms with Crippen LogP contribution in [0, 0.1) is 5.92 Å². The molecule has 4 rings (SSSR count). The minimum absolute atomic E-state index is 0.0626. The molecule has 1 aliphatic carbocycles. The molecule has 1 saturated carbocycles. The smallest absolute Gasteiger partial charge is 0.274 e. The summed E-state index contributed by atoms with van der Waals surface area (Å²) >= 11 is 0. The number of amides is 1. The number of hydrogen-bond acceptors (Lipinski definition) is 3. The number of likely N-dealkylation sites (tertiary alicyclic amines) is 1. The molecule has 2 fully saturated rings. The summed E-state index contributed by atoms with van der Waals surface area (Å²) in [5, 5.41) is 4.69. The molecule has 2 aromatic rings. The van der Waals surface area contributed by atoms with Gasteiger partial charge in [0.25, 0.3) is 5.91 Å². The molecule has 1 unspecified atom stereocenters. The molecular weight excluding hydrogens is 336 g/mol. The Bertz CT molecular complexity index is 800. The average molecular weight is 369 g/mol. The van der Waals surface area contributed by atoms with Gasteiger partial charge in [0.15, 0.2) is 11.3 Å². The maximum Gasteiger partial charge on any atom is 0.274 e. The van der Waals surface area contributed by atoms with Crippen LogP contribution < -0.4 is 0 Å². The normalized spacial score (nSPS) is 19.7. The van der Waals surface area contributed by atoms with Crippen molar-refractivity contribution in [3.8, 4) is 0 Å². The van der Waals surface area contributed by atoms with Crippen molar-refractivity contribution in [1.29, 1.82) is 0 Å². The molecule has 0 aromatic carbocycles. The van der Waals surface area contributed by atoms with Crippen LogP contribution in [0.15, 0.2) is 12.1 Å². The SMILES string of the molecule is CCC(C)c1cc(CC2CCCC2)nc2cc(C(=O)N3CCCCC3)nn12. The molecular formula is C22H32N4O. The highest BCUT2D eigenvalue weighted by Gasteiger charge is 2.23. The van der Waals surface area contributed by atoms with Crippen LogP contribution in [-0.2, 0) is 6.42 Å². The van der Waals surface area contributed by atoms with E-state index in [0.29, 0.717) is 11.6 Å². The molecule has 2 aromatic heterocycles. The topological polar surface area (TPSA) is 50.5 Å². The fourth-order valence-corrected chi connectivity index (χ4v) is 4.59. The second-order valence-electron chi connectivity index (χ2n) is 8.49. The number of aromatic nitrogens is 3. The quantitative estimate of drug-likeness (QED) is 0.775. The highest BCUT2D eigenvalue weighted by Crippen LogP contribution is 2.29. The molecule has 0 radical (unpaired) electrons. The lowest BCUT2D eigenvalue weighted by atomic mass is 9.99. The summed E-state index contributed by atoms with van der Waals surface area (Å²) in [6.45, 7) is 6.15. The minimum Gasteiger partial charge on any atom is -0.337 e. The zero-order valence-corrected chi connectivity index (χ0v) is 16.8. The van der Waals surface area contributed by atoms with Gasteiger partial charge >= 0.3 is 0 Å². The number of nitrogens with zero attached hydrogens (tertiary/aromatic N) is 4. The van der Waals surface area contributed by atoms with Crippen molar-refractivity contribution in [3.63, 3.8) is 0 Å². The standard InChI is InChI=1S/C22H32N4O/c1-3-16(2)20-14-18(13-17-9-5-6-10-17)23-21-15-19(24-26(20)21)22(27)25-11-7-4-8-12-25/h14-17H,3-13H2,1-2H3. The van der Waals surface area contributed by atoms with Gasteiger partial charge < -0.3 is 4.90 Å². The van der Waals surface area contributed by atoms with Crippen molar-refractivity contribution in [2.75, 3.05) is 13.1 Å². The lowest BCUT2D eigenvalue weighted by molar-refractivity contribution is 0.0718. The number of rotatable bonds is 5. The second kappa shape index (κ2) is 7.99. The third-order valence-corrected chi connectivity index (χ3v) is 6.46. The first-order valence-electron chi connectivity index (χ1n) is 10.8. The van der Waals surface area contributed by atoms with Crippen molar-refractivity contribution >= 4 is 11.6 Å². The van der Waals surface area contributed by atoms with Crippen LogP contribution >= 0.6 is 0 Å². The van der Waals surface area contributed by atoms with E-state index in [2.05, 4.69) is 19.9 Å². The summed E-state index contributed by atoms with van der Waals surface area (Å²) in [5.41, 5.74) is 3.74. The summed E-state index contributed by atoms with van der Waals surface area (Å²) in [7, 11) is 0. The zero-order valence-electron chi connectivity index (χ0n) is 16.8. The Hall–Kier alpha value is -1.91. The molecule has 146 valence electrons. The third kappa shape index (κ3) is 3.87. The van der Waals surface area contributed by atoms with Gasteiger partial charge in [0, 0.05) is 30.5 Å². The van der Waals surface area contributed by atoms with Gasteiger partial charge in [-0.25, -0.2) is 9.50 Å². The highest BCUT2D eigenvalue weighted by molar-refractivity contribution is 5.93. The molecule has 3 heterocycles. The predicted molar refractivity (Wildman–Crippen MR) is 107 cm³/mol. The van der Waals surface area contributed by atoms with E-state index in [1.165, 1.54) is 43.5 Å². The zero-order chi connectivity index (χ0) is 18.8. The van der Waals surface area contributed by atoms with Crippen LogP contribution in [-0.4, -0.2) is 38.5 Å². The predicted octanol–water partition coefficient (Wildman–Crippen LogP) is 4.60. The van der Waals surface area contributed by atoms with Crippen LogP contribution in [0.5, 0.6) is 0 Å². The van der Waals surface area contributed by atoms with E-state index in [9.17, 15) is 4.79 Å². The molecule has 0 spiro atoms. The largest absolute Gasteiger partial charge is 0.337 e. The maximum atomic E-state index is 12.9. The van der Waals surface area contributed by atoms with Crippen LogP contribution in [0.4, 0.5) is 0 Å². The van der Waals surface area contributed by atoms with Crippen LogP contribution in [0.1, 0.15) is 93.0 Å². The van der Waals surface area contributed by atoms with E-state index in [4.69, 9.17) is 10.1 Å². The Morgan fingerprint density at radius 2 is 1.89 bits per heavy atom. The van der Waals surface area contributed by atoms with E-state index in [-0.39, 0.29) is 5.91 Å². The fraction of sp³-hybridized carbons (Fsp3) is 0.682.